The van der Waals surface area contributed by atoms with E-state index in [1.807, 2.05) is 60.7 Å². The Labute approximate surface area is 334 Å². The van der Waals surface area contributed by atoms with Crippen LogP contribution in [0.25, 0.3) is 105 Å². The maximum atomic E-state index is 8.04. The van der Waals surface area contributed by atoms with Gasteiger partial charge in [-0.15, -0.1) is 0 Å². The van der Waals surface area contributed by atoms with Gasteiger partial charge in [-0.3, -0.25) is 4.57 Å². The zero-order chi connectivity index (χ0) is 38.6. The fraction of sp³-hybridized carbons (Fsp3) is 0. The van der Waals surface area contributed by atoms with Crippen LogP contribution in [0.1, 0.15) is 0 Å². The van der Waals surface area contributed by atoms with Crippen LogP contribution in [0, 0.1) is 6.57 Å². The minimum Gasteiger partial charge on any atom is -0.309 e. The Bertz CT molecular complexity index is 3240. The molecule has 6 nitrogen and oxygen atoms in total. The van der Waals surface area contributed by atoms with Gasteiger partial charge < -0.3 is 4.57 Å². The number of hydrogen-bond donors (Lipinski definition) is 0. The van der Waals surface area contributed by atoms with Gasteiger partial charge in [-0.25, -0.2) is 9.83 Å². The van der Waals surface area contributed by atoms with Gasteiger partial charge in [0.05, 0.1) is 34.3 Å². The minimum absolute atomic E-state index is 0.475. The molecule has 0 N–H and O–H groups in total. The van der Waals surface area contributed by atoms with E-state index >= 15 is 0 Å². The molecule has 0 amide bonds. The molecule has 0 atom stereocenters. The number of aromatic nitrogens is 5. The van der Waals surface area contributed by atoms with Crippen molar-refractivity contribution in [3.05, 3.63) is 206 Å². The lowest BCUT2D eigenvalue weighted by Crippen LogP contribution is -2.07. The van der Waals surface area contributed by atoms with E-state index in [0.717, 1.165) is 82.7 Å². The van der Waals surface area contributed by atoms with E-state index in [1.165, 1.54) is 0 Å². The molecule has 0 radical (unpaired) electrons. The van der Waals surface area contributed by atoms with Crippen molar-refractivity contribution in [2.24, 2.45) is 0 Å². The quantitative estimate of drug-likeness (QED) is 0.160. The third kappa shape index (κ3) is 5.45. The summed E-state index contributed by atoms with van der Waals surface area (Å²) in [5.41, 5.74) is 11.6. The van der Waals surface area contributed by atoms with Gasteiger partial charge in [-0.05, 0) is 70.8 Å². The zero-order valence-corrected chi connectivity index (χ0v) is 31.2. The van der Waals surface area contributed by atoms with Crippen molar-refractivity contribution in [2.75, 3.05) is 0 Å². The number of fused-ring (bicyclic) bond motifs is 6. The van der Waals surface area contributed by atoms with Crippen LogP contribution in [0.5, 0.6) is 0 Å². The topological polar surface area (TPSA) is 52.9 Å². The first-order valence-corrected chi connectivity index (χ1v) is 19.2. The molecular formula is C52H32N6. The molecule has 0 unspecified atom stereocenters. The number of hydrogen-bond acceptors (Lipinski definition) is 3. The summed E-state index contributed by atoms with van der Waals surface area (Å²) in [7, 11) is 0. The fourth-order valence-electron chi connectivity index (χ4n) is 8.31. The van der Waals surface area contributed by atoms with Gasteiger partial charge in [0.25, 0.3) is 0 Å². The lowest BCUT2D eigenvalue weighted by atomic mass is 10.0. The third-order valence-electron chi connectivity index (χ3n) is 11.0. The third-order valence-corrected chi connectivity index (χ3v) is 11.0. The van der Waals surface area contributed by atoms with Crippen LogP contribution < -0.4 is 0 Å². The Morgan fingerprint density at radius 1 is 0.362 bits per heavy atom. The molecule has 11 aromatic rings. The van der Waals surface area contributed by atoms with Crippen molar-refractivity contribution in [1.29, 1.82) is 0 Å². The molecule has 0 bridgehead atoms. The summed E-state index contributed by atoms with van der Waals surface area (Å²) in [5, 5.41) is 4.49. The van der Waals surface area contributed by atoms with E-state index < -0.39 is 0 Å². The van der Waals surface area contributed by atoms with Crippen molar-refractivity contribution in [3.8, 4) is 56.7 Å². The van der Waals surface area contributed by atoms with E-state index in [9.17, 15) is 0 Å². The lowest BCUT2D eigenvalue weighted by Gasteiger charge is -2.16. The molecule has 58 heavy (non-hydrogen) atoms. The Hall–Kier alpha value is -8.14. The molecule has 0 aliphatic rings. The van der Waals surface area contributed by atoms with Crippen LogP contribution in [0.2, 0.25) is 0 Å². The van der Waals surface area contributed by atoms with Gasteiger partial charge in [0.2, 0.25) is 5.95 Å². The second kappa shape index (κ2) is 13.6. The van der Waals surface area contributed by atoms with E-state index in [0.29, 0.717) is 23.3 Å². The molecule has 11 rings (SSSR count). The first-order chi connectivity index (χ1) is 28.7. The molecule has 0 spiro atoms. The summed E-state index contributed by atoms with van der Waals surface area (Å²) >= 11 is 0. The Morgan fingerprint density at radius 2 is 0.845 bits per heavy atom. The Kier molecular flexibility index (Phi) is 7.76. The van der Waals surface area contributed by atoms with Gasteiger partial charge in [-0.2, -0.15) is 9.97 Å². The number of rotatable bonds is 6. The number of benzene rings is 8. The number of para-hydroxylation sites is 2. The molecule has 270 valence electrons. The second-order valence-electron chi connectivity index (χ2n) is 14.4. The molecule has 8 aromatic carbocycles. The van der Waals surface area contributed by atoms with Gasteiger partial charge in [0.1, 0.15) is 0 Å². The smallest absolute Gasteiger partial charge is 0.238 e. The minimum atomic E-state index is 0.475. The number of nitrogens with zero attached hydrogens (tertiary/aromatic N) is 6. The van der Waals surface area contributed by atoms with E-state index in [1.54, 1.807) is 0 Å². The predicted octanol–water partition coefficient (Wildman–Crippen LogP) is 13.3. The van der Waals surface area contributed by atoms with Crippen LogP contribution in [-0.4, -0.2) is 24.1 Å². The summed E-state index contributed by atoms with van der Waals surface area (Å²) in [6.45, 7) is 8.04. The first kappa shape index (κ1) is 33.2. The maximum Gasteiger partial charge on any atom is 0.238 e. The van der Waals surface area contributed by atoms with Crippen molar-refractivity contribution in [2.45, 2.75) is 0 Å². The SMILES string of the molecule is [C-]#[N+]c1ccc(-n2c3ccccc3c3ccccc32)c(-c2nc(-c3ccccc3)nc(-n3c4ccc(-c5ccccc5)cc4c4cc(-c5ccccc5)ccc43)n2)c1. The van der Waals surface area contributed by atoms with Crippen molar-refractivity contribution < 1.29 is 0 Å². The molecule has 0 fully saturated rings. The molecular weight excluding hydrogens is 709 g/mol. The van der Waals surface area contributed by atoms with Crippen LogP contribution in [0.15, 0.2) is 194 Å². The largest absolute Gasteiger partial charge is 0.309 e. The van der Waals surface area contributed by atoms with Crippen molar-refractivity contribution in [3.63, 3.8) is 0 Å². The summed E-state index contributed by atoms with van der Waals surface area (Å²) in [5.74, 6) is 1.51. The standard InChI is InChI=1S/C52H32N6/c1-53-39-27-30-49(57-45-23-13-11-21-40(45)41-22-12-14-24-46(41)57)44(33-39)51-54-50(36-19-9-4-10-20-36)55-52(56-51)58-47-28-25-37(34-15-5-2-6-16-34)31-42(47)43-32-38(26-29-48(43)58)35-17-7-3-8-18-35/h2-33H. The molecule has 6 heteroatoms. The highest BCUT2D eigenvalue weighted by Gasteiger charge is 2.22. The highest BCUT2D eigenvalue weighted by atomic mass is 15.2. The second-order valence-corrected chi connectivity index (χ2v) is 14.4. The predicted molar refractivity (Wildman–Crippen MR) is 237 cm³/mol. The van der Waals surface area contributed by atoms with E-state index in [-0.39, 0.29) is 0 Å². The molecule has 0 aliphatic heterocycles. The maximum absolute atomic E-state index is 8.04. The van der Waals surface area contributed by atoms with Gasteiger partial charge >= 0.3 is 0 Å². The summed E-state index contributed by atoms with van der Waals surface area (Å²) in [6.07, 6.45) is 0. The Balaban J connectivity index is 1.21. The summed E-state index contributed by atoms with van der Waals surface area (Å²) < 4.78 is 4.42. The van der Waals surface area contributed by atoms with Crippen molar-refractivity contribution >= 4 is 49.3 Å². The van der Waals surface area contributed by atoms with Gasteiger partial charge in [0, 0.05) is 32.7 Å². The van der Waals surface area contributed by atoms with Crippen LogP contribution >= 0.6 is 0 Å². The fourth-order valence-corrected chi connectivity index (χ4v) is 8.31. The lowest BCUT2D eigenvalue weighted by molar-refractivity contribution is 0.952. The van der Waals surface area contributed by atoms with Crippen LogP contribution in [0.4, 0.5) is 5.69 Å². The molecule has 0 saturated carbocycles. The van der Waals surface area contributed by atoms with Crippen molar-refractivity contribution in [1.82, 2.24) is 24.1 Å². The first-order valence-electron chi connectivity index (χ1n) is 19.2. The van der Waals surface area contributed by atoms with Crippen LogP contribution in [-0.2, 0) is 0 Å². The van der Waals surface area contributed by atoms with Crippen LogP contribution in [0.3, 0.4) is 0 Å². The average Bonchev–Trinajstić information content (AvgIpc) is 3.81. The molecule has 3 heterocycles. The normalized spacial score (nSPS) is 11.4. The Morgan fingerprint density at radius 3 is 1.40 bits per heavy atom. The molecule has 3 aromatic heterocycles. The molecule has 0 saturated heterocycles. The average molecular weight is 741 g/mol. The van der Waals surface area contributed by atoms with E-state index in [2.05, 4.69) is 147 Å². The summed E-state index contributed by atoms with van der Waals surface area (Å²) in [6, 6.07) is 66.9. The summed E-state index contributed by atoms with van der Waals surface area (Å²) in [4.78, 5) is 19.7. The highest BCUT2D eigenvalue weighted by molar-refractivity contribution is 6.12. The molecule has 0 aliphatic carbocycles. The van der Waals surface area contributed by atoms with E-state index in [4.69, 9.17) is 21.5 Å². The highest BCUT2D eigenvalue weighted by Crippen LogP contribution is 2.40. The zero-order valence-electron chi connectivity index (χ0n) is 31.2. The van der Waals surface area contributed by atoms with Gasteiger partial charge in [-0.1, -0.05) is 146 Å². The van der Waals surface area contributed by atoms with Gasteiger partial charge in [0.15, 0.2) is 17.3 Å². The monoisotopic (exact) mass is 740 g/mol.